The molecule has 0 bridgehead atoms. The highest BCUT2D eigenvalue weighted by Gasteiger charge is 2.20. The Balaban J connectivity index is 1.31. The van der Waals surface area contributed by atoms with E-state index in [1.165, 1.54) is 0 Å². The number of unbranched alkanes of at least 4 members (excludes halogenated alkanes) is 2. The van der Waals surface area contributed by atoms with Crippen LogP contribution in [0.2, 0.25) is 0 Å². The molecule has 0 saturated carbocycles. The van der Waals surface area contributed by atoms with E-state index >= 15 is 0 Å². The number of amides is 1. The molecule has 1 saturated heterocycles. The number of primary amides is 1. The molecule has 1 fully saturated rings. The van der Waals surface area contributed by atoms with Gasteiger partial charge in [0, 0.05) is 35.9 Å². The minimum absolute atomic E-state index is 0.153. The van der Waals surface area contributed by atoms with Crippen LogP contribution in [0.1, 0.15) is 38.5 Å². The molecule has 1 aromatic carbocycles. The quantitative estimate of drug-likeness (QED) is 0.393. The summed E-state index contributed by atoms with van der Waals surface area (Å²) in [5.74, 6) is 0.869. The Hall–Kier alpha value is -3.46. The molecule has 0 aliphatic carbocycles. The maximum absolute atomic E-state index is 10.8. The average Bonchev–Trinajstić information content (AvgIpc) is 3.29. The van der Waals surface area contributed by atoms with Crippen LogP contribution in [0.25, 0.3) is 22.4 Å². The second-order valence-electron chi connectivity index (χ2n) is 9.06. The molecular weight excluding hydrogens is 430 g/mol. The van der Waals surface area contributed by atoms with Crippen LogP contribution in [0.4, 0.5) is 5.82 Å². The van der Waals surface area contributed by atoms with Gasteiger partial charge in [0.25, 0.3) is 0 Å². The van der Waals surface area contributed by atoms with Gasteiger partial charge in [-0.15, -0.1) is 10.2 Å². The molecule has 4 rings (SSSR count). The van der Waals surface area contributed by atoms with Gasteiger partial charge in [-0.1, -0.05) is 18.6 Å². The van der Waals surface area contributed by atoms with Gasteiger partial charge in [-0.3, -0.25) is 9.48 Å². The van der Waals surface area contributed by atoms with Crippen LogP contribution in [-0.2, 0) is 11.3 Å². The van der Waals surface area contributed by atoms with Crippen molar-refractivity contribution in [1.29, 1.82) is 0 Å². The molecule has 34 heavy (non-hydrogen) atoms. The summed E-state index contributed by atoms with van der Waals surface area (Å²) in [7, 11) is 0. The van der Waals surface area contributed by atoms with E-state index in [0.717, 1.165) is 69.4 Å². The highest BCUT2D eigenvalue weighted by atomic mass is 16.3. The number of carbonyl (C=O) groups is 1. The largest absolute Gasteiger partial charge is 0.507 e. The highest BCUT2D eigenvalue weighted by Crippen LogP contribution is 2.32. The maximum Gasteiger partial charge on any atom is 0.217 e. The lowest BCUT2D eigenvalue weighted by Gasteiger charge is -2.31. The Labute approximate surface area is 199 Å². The van der Waals surface area contributed by atoms with Gasteiger partial charge in [-0.25, -0.2) is 0 Å². The number of benzene rings is 1. The van der Waals surface area contributed by atoms with Crippen molar-refractivity contribution in [2.75, 3.05) is 25.4 Å². The van der Waals surface area contributed by atoms with Gasteiger partial charge in [0.1, 0.15) is 5.75 Å². The molecule has 0 atom stereocenters. The molecule has 5 N–H and O–H groups in total. The summed E-state index contributed by atoms with van der Waals surface area (Å²) in [6, 6.07) is 8.89. The number of nitrogens with two attached hydrogens (primary N) is 2. The Morgan fingerprint density at radius 2 is 1.88 bits per heavy atom. The zero-order chi connectivity index (χ0) is 23.9. The number of phenols is 1. The lowest BCUT2D eigenvalue weighted by Crippen LogP contribution is -2.35. The molecule has 0 spiro atoms. The zero-order valence-electron chi connectivity index (χ0n) is 19.4. The number of para-hydroxylation sites is 1. The number of piperidine rings is 1. The standard InChI is InChI=1S/C25H33N7O2/c26-24(34)8-2-1-5-11-31-12-9-18(10-13-31)16-32-17-19(15-28-32)21-14-22(29-30-25(21)27)20-6-3-4-7-23(20)33/h3-4,6-7,14-15,17-18,33H,1-2,5,8-13,16H2,(H2,26,34)(H2,27,30). The van der Waals surface area contributed by atoms with Gasteiger partial charge in [-0.05, 0) is 69.4 Å². The zero-order valence-corrected chi connectivity index (χ0v) is 19.4. The fourth-order valence-electron chi connectivity index (χ4n) is 4.53. The monoisotopic (exact) mass is 463 g/mol. The number of carbonyl (C=O) groups excluding carboxylic acids is 1. The summed E-state index contributed by atoms with van der Waals surface area (Å²) in [6.07, 6.45) is 9.66. The molecule has 0 radical (unpaired) electrons. The molecule has 2 aromatic heterocycles. The molecule has 9 nitrogen and oxygen atoms in total. The summed E-state index contributed by atoms with van der Waals surface area (Å²) in [5.41, 5.74) is 14.1. The van der Waals surface area contributed by atoms with Crippen molar-refractivity contribution in [3.8, 4) is 28.1 Å². The third kappa shape index (κ3) is 6.11. The molecule has 1 aliphatic rings. The highest BCUT2D eigenvalue weighted by molar-refractivity contribution is 5.78. The van der Waals surface area contributed by atoms with Crippen LogP contribution in [0.15, 0.2) is 42.7 Å². The van der Waals surface area contributed by atoms with Crippen molar-refractivity contribution in [2.45, 2.75) is 45.1 Å². The third-order valence-electron chi connectivity index (χ3n) is 6.50. The van der Waals surface area contributed by atoms with Crippen LogP contribution in [-0.4, -0.2) is 55.5 Å². The van der Waals surface area contributed by atoms with Crippen LogP contribution in [0.5, 0.6) is 5.75 Å². The maximum atomic E-state index is 10.8. The van der Waals surface area contributed by atoms with Gasteiger partial charge < -0.3 is 21.5 Å². The van der Waals surface area contributed by atoms with E-state index in [1.807, 2.05) is 29.2 Å². The fourth-order valence-corrected chi connectivity index (χ4v) is 4.53. The Morgan fingerprint density at radius 1 is 1.09 bits per heavy atom. The number of rotatable bonds is 10. The summed E-state index contributed by atoms with van der Waals surface area (Å²) in [6.45, 7) is 4.15. The van der Waals surface area contributed by atoms with E-state index in [9.17, 15) is 9.90 Å². The molecule has 0 unspecified atom stereocenters. The summed E-state index contributed by atoms with van der Waals surface area (Å²) >= 11 is 0. The van der Waals surface area contributed by atoms with Gasteiger partial charge in [0.2, 0.25) is 5.91 Å². The van der Waals surface area contributed by atoms with E-state index in [1.54, 1.807) is 18.2 Å². The normalized spacial score (nSPS) is 14.9. The van der Waals surface area contributed by atoms with Gasteiger partial charge in [-0.2, -0.15) is 5.10 Å². The van der Waals surface area contributed by atoms with E-state index in [0.29, 0.717) is 29.4 Å². The van der Waals surface area contributed by atoms with E-state index in [4.69, 9.17) is 11.5 Å². The van der Waals surface area contributed by atoms with Crippen molar-refractivity contribution in [3.63, 3.8) is 0 Å². The summed E-state index contributed by atoms with van der Waals surface area (Å²) in [4.78, 5) is 13.3. The number of nitrogen functional groups attached to an aromatic ring is 1. The smallest absolute Gasteiger partial charge is 0.217 e. The van der Waals surface area contributed by atoms with Crippen molar-refractivity contribution in [2.24, 2.45) is 11.7 Å². The molecule has 1 amide bonds. The predicted octanol–water partition coefficient (Wildman–Crippen LogP) is 3.05. The number of anilines is 1. The first kappa shape index (κ1) is 23.7. The van der Waals surface area contributed by atoms with Crippen LogP contribution in [0.3, 0.4) is 0 Å². The molecule has 1 aliphatic heterocycles. The Bertz CT molecular complexity index is 1110. The number of hydrogen-bond acceptors (Lipinski definition) is 7. The molecular formula is C25H33N7O2. The molecule has 3 aromatic rings. The van der Waals surface area contributed by atoms with Crippen molar-refractivity contribution in [3.05, 3.63) is 42.7 Å². The number of aromatic nitrogens is 4. The van der Waals surface area contributed by atoms with Crippen molar-refractivity contribution in [1.82, 2.24) is 24.9 Å². The van der Waals surface area contributed by atoms with Crippen LogP contribution < -0.4 is 11.5 Å². The van der Waals surface area contributed by atoms with Crippen molar-refractivity contribution >= 4 is 11.7 Å². The van der Waals surface area contributed by atoms with Crippen LogP contribution in [0, 0.1) is 5.92 Å². The fraction of sp³-hybridized carbons (Fsp3) is 0.440. The van der Waals surface area contributed by atoms with Gasteiger partial charge in [0.15, 0.2) is 5.82 Å². The number of likely N-dealkylation sites (tertiary alicyclic amines) is 1. The Kier molecular flexibility index (Phi) is 7.74. The van der Waals surface area contributed by atoms with Gasteiger partial charge >= 0.3 is 0 Å². The minimum Gasteiger partial charge on any atom is -0.507 e. The second-order valence-corrected chi connectivity index (χ2v) is 9.06. The van der Waals surface area contributed by atoms with Crippen LogP contribution >= 0.6 is 0 Å². The van der Waals surface area contributed by atoms with Crippen molar-refractivity contribution < 1.29 is 9.90 Å². The minimum atomic E-state index is -0.207. The number of aromatic hydroxyl groups is 1. The number of phenolic OH excluding ortho intramolecular Hbond substituents is 1. The SMILES string of the molecule is NC(=O)CCCCCN1CCC(Cn2cc(-c3cc(-c4ccccc4O)nnc3N)cn2)CC1. The second kappa shape index (κ2) is 11.1. The topological polar surface area (TPSA) is 136 Å². The molecule has 9 heteroatoms. The average molecular weight is 464 g/mol. The number of nitrogens with zero attached hydrogens (tertiary/aromatic N) is 5. The van der Waals surface area contributed by atoms with Gasteiger partial charge in [0.05, 0.1) is 11.9 Å². The number of hydrogen-bond donors (Lipinski definition) is 3. The first-order chi connectivity index (χ1) is 16.5. The first-order valence-corrected chi connectivity index (χ1v) is 11.9. The Morgan fingerprint density at radius 3 is 2.65 bits per heavy atom. The molecule has 180 valence electrons. The molecule has 3 heterocycles. The lowest BCUT2D eigenvalue weighted by molar-refractivity contribution is -0.118. The van der Waals surface area contributed by atoms with E-state index in [-0.39, 0.29) is 11.7 Å². The summed E-state index contributed by atoms with van der Waals surface area (Å²) < 4.78 is 1.99. The lowest BCUT2D eigenvalue weighted by atomic mass is 9.96. The predicted molar refractivity (Wildman–Crippen MR) is 132 cm³/mol. The summed E-state index contributed by atoms with van der Waals surface area (Å²) in [5, 5.41) is 23.0. The van der Waals surface area contributed by atoms with E-state index in [2.05, 4.69) is 20.2 Å². The third-order valence-corrected chi connectivity index (χ3v) is 6.50. The first-order valence-electron chi connectivity index (χ1n) is 11.9. The van der Waals surface area contributed by atoms with E-state index < -0.39 is 0 Å².